The summed E-state index contributed by atoms with van der Waals surface area (Å²) in [7, 11) is 1.79. The third-order valence-corrected chi connectivity index (χ3v) is 4.86. The molecular formula is C17H22N4O3. The summed E-state index contributed by atoms with van der Waals surface area (Å²) in [5.74, 6) is -0.0353. The Balaban J connectivity index is 1.63. The summed E-state index contributed by atoms with van der Waals surface area (Å²) < 4.78 is 5.80. The highest BCUT2D eigenvalue weighted by Crippen LogP contribution is 2.30. The van der Waals surface area contributed by atoms with Crippen molar-refractivity contribution in [2.24, 2.45) is 5.73 Å². The fourth-order valence-corrected chi connectivity index (χ4v) is 3.29. The van der Waals surface area contributed by atoms with Crippen LogP contribution in [0.4, 0.5) is 0 Å². The number of carbonyl (C=O) groups excluding carboxylic acids is 2. The molecule has 7 nitrogen and oxygen atoms in total. The highest BCUT2D eigenvalue weighted by atomic mass is 16.5. The number of likely N-dealkylation sites (N-methyl/N-ethyl adjacent to an activating group) is 1. The van der Waals surface area contributed by atoms with Crippen molar-refractivity contribution in [3.05, 3.63) is 35.4 Å². The number of piperidine rings is 1. The van der Waals surface area contributed by atoms with Crippen LogP contribution in [0.25, 0.3) is 0 Å². The fourth-order valence-electron chi connectivity index (χ4n) is 3.29. The van der Waals surface area contributed by atoms with E-state index in [4.69, 9.17) is 15.9 Å². The monoisotopic (exact) mass is 330 g/mol. The molecule has 2 saturated heterocycles. The van der Waals surface area contributed by atoms with Gasteiger partial charge in [0.1, 0.15) is 12.4 Å². The highest BCUT2D eigenvalue weighted by Gasteiger charge is 2.42. The van der Waals surface area contributed by atoms with Gasteiger partial charge in [-0.1, -0.05) is 12.1 Å². The van der Waals surface area contributed by atoms with Crippen molar-refractivity contribution in [1.82, 2.24) is 9.80 Å². The molecule has 2 fully saturated rings. The van der Waals surface area contributed by atoms with Crippen molar-refractivity contribution in [2.75, 3.05) is 33.3 Å². The maximum absolute atomic E-state index is 12.6. The molecule has 2 amide bonds. The van der Waals surface area contributed by atoms with Crippen molar-refractivity contribution in [3.8, 4) is 0 Å². The van der Waals surface area contributed by atoms with Gasteiger partial charge < -0.3 is 20.3 Å². The van der Waals surface area contributed by atoms with E-state index in [1.807, 2.05) is 4.90 Å². The first kappa shape index (κ1) is 16.4. The van der Waals surface area contributed by atoms with Crippen LogP contribution in [0.1, 0.15) is 28.8 Å². The number of amides is 2. The van der Waals surface area contributed by atoms with Crippen LogP contribution < -0.4 is 5.73 Å². The molecule has 1 aromatic rings. The van der Waals surface area contributed by atoms with Gasteiger partial charge in [-0.05, 0) is 25.0 Å². The van der Waals surface area contributed by atoms with Crippen LogP contribution in [0.5, 0.6) is 0 Å². The van der Waals surface area contributed by atoms with Gasteiger partial charge in [-0.15, -0.1) is 0 Å². The summed E-state index contributed by atoms with van der Waals surface area (Å²) in [5, 5.41) is 7.39. The first-order valence-corrected chi connectivity index (χ1v) is 8.02. The lowest BCUT2D eigenvalue weighted by atomic mass is 9.89. The number of ether oxygens (including phenoxy) is 1. The Morgan fingerprint density at radius 2 is 1.79 bits per heavy atom. The maximum atomic E-state index is 12.6. The maximum Gasteiger partial charge on any atom is 0.253 e. The standard InChI is InChI=1S/C17H22N4O3/c1-20-11-17(24-10-14(20)22)6-8-21(9-7-17)16(23)13-4-2-12(3-5-13)15(18)19/h2-5H,6-11H2,1H3,(H3,18,19). The normalized spacial score (nSPS) is 20.3. The van der Waals surface area contributed by atoms with Gasteiger partial charge in [0.15, 0.2) is 0 Å². The van der Waals surface area contributed by atoms with Gasteiger partial charge in [0.2, 0.25) is 5.91 Å². The highest BCUT2D eigenvalue weighted by molar-refractivity contribution is 5.98. The van der Waals surface area contributed by atoms with E-state index in [9.17, 15) is 9.59 Å². The molecule has 0 atom stereocenters. The minimum Gasteiger partial charge on any atom is -0.384 e. The van der Waals surface area contributed by atoms with Gasteiger partial charge in [0, 0.05) is 37.8 Å². The Labute approximate surface area is 140 Å². The molecule has 7 heteroatoms. The molecule has 2 aliphatic rings. The molecule has 0 aromatic heterocycles. The third-order valence-electron chi connectivity index (χ3n) is 4.86. The van der Waals surface area contributed by atoms with Gasteiger partial charge >= 0.3 is 0 Å². The van der Waals surface area contributed by atoms with E-state index in [0.717, 1.165) is 12.8 Å². The second-order valence-corrected chi connectivity index (χ2v) is 6.50. The lowest BCUT2D eigenvalue weighted by Crippen LogP contribution is -2.58. The van der Waals surface area contributed by atoms with E-state index in [0.29, 0.717) is 30.8 Å². The summed E-state index contributed by atoms with van der Waals surface area (Å²) in [6.07, 6.45) is 1.45. The van der Waals surface area contributed by atoms with Crippen LogP contribution in [-0.4, -0.2) is 66.3 Å². The SMILES string of the molecule is CN1CC2(CCN(C(=O)c3ccc(C(=N)N)cc3)CC2)OCC1=O. The largest absolute Gasteiger partial charge is 0.384 e. The van der Waals surface area contributed by atoms with Crippen molar-refractivity contribution in [2.45, 2.75) is 18.4 Å². The van der Waals surface area contributed by atoms with Crippen LogP contribution in [0.3, 0.4) is 0 Å². The van der Waals surface area contributed by atoms with Crippen LogP contribution in [0.15, 0.2) is 24.3 Å². The Bertz CT molecular complexity index is 663. The number of nitrogens with zero attached hydrogens (tertiary/aromatic N) is 2. The van der Waals surface area contributed by atoms with Gasteiger partial charge in [-0.3, -0.25) is 15.0 Å². The minimum atomic E-state index is -0.322. The average Bonchev–Trinajstić information content (AvgIpc) is 2.59. The van der Waals surface area contributed by atoms with Crippen molar-refractivity contribution in [1.29, 1.82) is 5.41 Å². The molecule has 1 spiro atoms. The molecule has 0 bridgehead atoms. The number of nitrogen functional groups attached to an aromatic ring is 1. The number of nitrogens with one attached hydrogen (secondary N) is 1. The number of carbonyl (C=O) groups is 2. The summed E-state index contributed by atoms with van der Waals surface area (Å²) in [4.78, 5) is 27.7. The Morgan fingerprint density at radius 1 is 1.21 bits per heavy atom. The summed E-state index contributed by atoms with van der Waals surface area (Å²) in [6, 6.07) is 6.78. The number of benzene rings is 1. The molecule has 2 aliphatic heterocycles. The summed E-state index contributed by atoms with van der Waals surface area (Å²) >= 11 is 0. The number of likely N-dealkylation sites (tertiary alicyclic amines) is 1. The van der Waals surface area contributed by atoms with Crippen LogP contribution in [-0.2, 0) is 9.53 Å². The summed E-state index contributed by atoms with van der Waals surface area (Å²) in [5.41, 5.74) is 6.30. The van der Waals surface area contributed by atoms with E-state index < -0.39 is 0 Å². The van der Waals surface area contributed by atoms with Gasteiger partial charge in [-0.2, -0.15) is 0 Å². The number of morpholine rings is 1. The topological polar surface area (TPSA) is 99.7 Å². The molecule has 3 rings (SSSR count). The molecule has 1 aromatic carbocycles. The molecule has 0 saturated carbocycles. The van der Waals surface area contributed by atoms with Crippen LogP contribution >= 0.6 is 0 Å². The fraction of sp³-hybridized carbons (Fsp3) is 0.471. The van der Waals surface area contributed by atoms with Crippen LogP contribution in [0.2, 0.25) is 0 Å². The second-order valence-electron chi connectivity index (χ2n) is 6.50. The Morgan fingerprint density at radius 3 is 2.33 bits per heavy atom. The lowest BCUT2D eigenvalue weighted by molar-refractivity contribution is -0.167. The van der Waals surface area contributed by atoms with E-state index in [2.05, 4.69) is 0 Å². The zero-order valence-electron chi connectivity index (χ0n) is 13.7. The zero-order valence-corrected chi connectivity index (χ0v) is 13.7. The predicted molar refractivity (Wildman–Crippen MR) is 88.9 cm³/mol. The quantitative estimate of drug-likeness (QED) is 0.607. The van der Waals surface area contributed by atoms with Crippen LogP contribution in [0, 0.1) is 5.41 Å². The number of hydrogen-bond donors (Lipinski definition) is 2. The minimum absolute atomic E-state index is 0.00434. The molecule has 0 unspecified atom stereocenters. The average molecular weight is 330 g/mol. The Kier molecular flexibility index (Phi) is 4.28. The second kappa shape index (κ2) is 6.24. The number of amidine groups is 1. The smallest absolute Gasteiger partial charge is 0.253 e. The molecular weight excluding hydrogens is 308 g/mol. The zero-order chi connectivity index (χ0) is 17.3. The summed E-state index contributed by atoms with van der Waals surface area (Å²) in [6.45, 7) is 1.92. The van der Waals surface area contributed by atoms with E-state index in [1.54, 1.807) is 36.2 Å². The van der Waals surface area contributed by atoms with Gasteiger partial charge in [-0.25, -0.2) is 0 Å². The Hall–Kier alpha value is -2.41. The lowest BCUT2D eigenvalue weighted by Gasteiger charge is -2.46. The van der Waals surface area contributed by atoms with Crippen molar-refractivity contribution >= 4 is 17.6 Å². The number of hydrogen-bond acceptors (Lipinski definition) is 4. The van der Waals surface area contributed by atoms with Gasteiger partial charge in [0.05, 0.1) is 5.60 Å². The predicted octanol–water partition coefficient (Wildman–Crippen LogP) is 0.434. The van der Waals surface area contributed by atoms with E-state index >= 15 is 0 Å². The number of nitrogens with two attached hydrogens (primary N) is 1. The molecule has 0 radical (unpaired) electrons. The van der Waals surface area contributed by atoms with Gasteiger partial charge in [0.25, 0.3) is 5.91 Å². The number of rotatable bonds is 2. The van der Waals surface area contributed by atoms with Crippen molar-refractivity contribution < 1.29 is 14.3 Å². The van der Waals surface area contributed by atoms with Crippen molar-refractivity contribution in [3.63, 3.8) is 0 Å². The molecule has 24 heavy (non-hydrogen) atoms. The third kappa shape index (κ3) is 3.12. The first-order valence-electron chi connectivity index (χ1n) is 8.02. The molecule has 128 valence electrons. The molecule has 2 heterocycles. The molecule has 3 N–H and O–H groups in total. The molecule has 0 aliphatic carbocycles. The van der Waals surface area contributed by atoms with E-state index in [-0.39, 0.29) is 29.9 Å². The first-order chi connectivity index (χ1) is 11.4. The van der Waals surface area contributed by atoms with E-state index in [1.165, 1.54) is 0 Å².